The number of benzene rings is 1. The summed E-state index contributed by atoms with van der Waals surface area (Å²) in [6, 6.07) is 5.59. The molecule has 0 bridgehead atoms. The van der Waals surface area contributed by atoms with E-state index in [1.165, 1.54) is 24.3 Å². The molecule has 1 fully saturated rings. The monoisotopic (exact) mass is 276 g/mol. The lowest BCUT2D eigenvalue weighted by Gasteiger charge is -2.22. The molecule has 7 nitrogen and oxygen atoms in total. The normalized spacial score (nSPS) is 15.8. The highest BCUT2D eigenvalue weighted by Crippen LogP contribution is 2.13. The second kappa shape index (κ2) is 6.25. The van der Waals surface area contributed by atoms with Crippen LogP contribution < -0.4 is 5.43 Å². The molecular weight excluding hydrogens is 260 g/mol. The minimum atomic E-state index is -0.528. The van der Waals surface area contributed by atoms with Crippen molar-refractivity contribution in [3.8, 4) is 0 Å². The summed E-state index contributed by atoms with van der Waals surface area (Å²) in [6.07, 6.45) is 1.65. The zero-order valence-electron chi connectivity index (χ0n) is 11.2. The number of carbonyl (C=O) groups excluding carboxylic acids is 1. The van der Waals surface area contributed by atoms with E-state index in [1.54, 1.807) is 0 Å². The van der Waals surface area contributed by atoms with Crippen LogP contribution in [0.4, 0.5) is 5.69 Å². The molecule has 1 aliphatic rings. The summed E-state index contributed by atoms with van der Waals surface area (Å²) < 4.78 is 0. The maximum atomic E-state index is 11.9. The lowest BCUT2D eigenvalue weighted by Crippen LogP contribution is -2.32. The van der Waals surface area contributed by atoms with Crippen molar-refractivity contribution >= 4 is 17.3 Å². The van der Waals surface area contributed by atoms with E-state index in [-0.39, 0.29) is 11.3 Å². The number of hydrogen-bond donors (Lipinski definition) is 1. The molecule has 0 unspecified atom stereocenters. The Labute approximate surface area is 116 Å². The van der Waals surface area contributed by atoms with Crippen LogP contribution >= 0.6 is 0 Å². The van der Waals surface area contributed by atoms with E-state index in [9.17, 15) is 14.9 Å². The van der Waals surface area contributed by atoms with E-state index < -0.39 is 10.8 Å². The summed E-state index contributed by atoms with van der Waals surface area (Å²) in [5.41, 5.74) is 3.53. The Morgan fingerprint density at radius 2 is 2.10 bits per heavy atom. The molecule has 7 heteroatoms. The van der Waals surface area contributed by atoms with Crippen LogP contribution in [0.3, 0.4) is 0 Å². The van der Waals surface area contributed by atoms with Crippen molar-refractivity contribution in [2.45, 2.75) is 12.8 Å². The van der Waals surface area contributed by atoms with Crippen LogP contribution in [-0.4, -0.2) is 41.6 Å². The zero-order chi connectivity index (χ0) is 14.5. The van der Waals surface area contributed by atoms with E-state index in [1.807, 2.05) is 7.05 Å². The molecule has 0 atom stereocenters. The number of hydrogen-bond acceptors (Lipinski definition) is 5. The third kappa shape index (κ3) is 3.61. The van der Waals surface area contributed by atoms with Gasteiger partial charge in [-0.3, -0.25) is 14.9 Å². The minimum absolute atomic E-state index is 0.107. The predicted octanol–water partition coefficient (Wildman–Crippen LogP) is 1.41. The van der Waals surface area contributed by atoms with Crippen LogP contribution in [0.5, 0.6) is 0 Å². The van der Waals surface area contributed by atoms with E-state index in [0.29, 0.717) is 0 Å². The van der Waals surface area contributed by atoms with Crippen LogP contribution in [0.1, 0.15) is 23.2 Å². The van der Waals surface area contributed by atoms with Crippen molar-refractivity contribution in [3.05, 3.63) is 39.9 Å². The Bertz CT molecular complexity index is 546. The fourth-order valence-electron chi connectivity index (χ4n) is 1.94. The smallest absolute Gasteiger partial charge is 0.271 e. The van der Waals surface area contributed by atoms with Crippen molar-refractivity contribution in [2.24, 2.45) is 5.10 Å². The van der Waals surface area contributed by atoms with Crippen molar-refractivity contribution in [2.75, 3.05) is 20.1 Å². The summed E-state index contributed by atoms with van der Waals surface area (Å²) >= 11 is 0. The standard InChI is InChI=1S/C13H16N4O3/c1-16-7-5-11(6-8-16)14-15-13(18)10-3-2-4-12(9-10)17(19)20/h2-4,9H,5-8H2,1H3,(H,15,18). The molecule has 106 valence electrons. The van der Waals surface area contributed by atoms with Gasteiger partial charge in [-0.05, 0) is 13.1 Å². The Balaban J connectivity index is 2.00. The first-order valence-electron chi connectivity index (χ1n) is 6.35. The Morgan fingerprint density at radius 1 is 1.40 bits per heavy atom. The molecule has 0 spiro atoms. The largest absolute Gasteiger partial charge is 0.306 e. The quantitative estimate of drug-likeness (QED) is 0.667. The number of piperidine rings is 1. The lowest BCUT2D eigenvalue weighted by molar-refractivity contribution is -0.384. The zero-order valence-corrected chi connectivity index (χ0v) is 11.2. The second-order valence-electron chi connectivity index (χ2n) is 4.73. The van der Waals surface area contributed by atoms with Gasteiger partial charge in [-0.2, -0.15) is 5.10 Å². The highest BCUT2D eigenvalue weighted by Gasteiger charge is 2.13. The number of likely N-dealkylation sites (tertiary alicyclic amines) is 1. The average Bonchev–Trinajstić information content (AvgIpc) is 2.46. The fourth-order valence-corrected chi connectivity index (χ4v) is 1.94. The maximum absolute atomic E-state index is 11.9. The molecule has 1 aromatic carbocycles. The average molecular weight is 276 g/mol. The van der Waals surface area contributed by atoms with Crippen LogP contribution in [0.15, 0.2) is 29.4 Å². The summed E-state index contributed by atoms with van der Waals surface area (Å²) in [5.74, 6) is -0.430. The molecule has 1 amide bonds. The summed E-state index contributed by atoms with van der Waals surface area (Å²) in [7, 11) is 2.04. The molecule has 1 N–H and O–H groups in total. The highest BCUT2D eigenvalue weighted by atomic mass is 16.6. The Kier molecular flexibility index (Phi) is 4.41. The molecule has 0 radical (unpaired) electrons. The number of nitrogens with zero attached hydrogens (tertiary/aromatic N) is 3. The van der Waals surface area contributed by atoms with E-state index in [4.69, 9.17) is 0 Å². The molecule has 20 heavy (non-hydrogen) atoms. The van der Waals surface area contributed by atoms with Gasteiger partial charge in [0.05, 0.1) is 4.92 Å². The van der Waals surface area contributed by atoms with Crippen molar-refractivity contribution in [3.63, 3.8) is 0 Å². The number of nitro benzene ring substituents is 1. The number of carbonyl (C=O) groups is 1. The van der Waals surface area contributed by atoms with Gasteiger partial charge in [-0.25, -0.2) is 5.43 Å². The highest BCUT2D eigenvalue weighted by molar-refractivity contribution is 5.96. The van der Waals surface area contributed by atoms with Gasteiger partial charge in [0.2, 0.25) is 0 Å². The summed E-state index contributed by atoms with van der Waals surface area (Å²) in [5, 5.41) is 14.7. The summed E-state index contributed by atoms with van der Waals surface area (Å²) in [6.45, 7) is 1.84. The molecule has 0 aliphatic carbocycles. The number of amides is 1. The first-order chi connectivity index (χ1) is 9.56. The first kappa shape index (κ1) is 14.1. The van der Waals surface area contributed by atoms with Crippen LogP contribution in [0.25, 0.3) is 0 Å². The van der Waals surface area contributed by atoms with Gasteiger partial charge in [0.25, 0.3) is 11.6 Å². The van der Waals surface area contributed by atoms with Gasteiger partial charge in [-0.15, -0.1) is 0 Å². The van der Waals surface area contributed by atoms with Crippen molar-refractivity contribution < 1.29 is 9.72 Å². The molecular formula is C13H16N4O3. The maximum Gasteiger partial charge on any atom is 0.271 e. The number of non-ortho nitro benzene ring substituents is 1. The first-order valence-corrected chi connectivity index (χ1v) is 6.35. The third-order valence-electron chi connectivity index (χ3n) is 3.20. The molecule has 1 saturated heterocycles. The Hall–Kier alpha value is -2.28. The fraction of sp³-hybridized carbons (Fsp3) is 0.385. The van der Waals surface area contributed by atoms with Crippen LogP contribution in [0.2, 0.25) is 0 Å². The minimum Gasteiger partial charge on any atom is -0.306 e. The van der Waals surface area contributed by atoms with Gasteiger partial charge >= 0.3 is 0 Å². The van der Waals surface area contributed by atoms with Gasteiger partial charge in [0.15, 0.2) is 0 Å². The molecule has 0 saturated carbocycles. The topological polar surface area (TPSA) is 87.8 Å². The van der Waals surface area contributed by atoms with Gasteiger partial charge in [0.1, 0.15) is 0 Å². The number of rotatable bonds is 3. The second-order valence-corrected chi connectivity index (χ2v) is 4.73. The van der Waals surface area contributed by atoms with Gasteiger partial charge < -0.3 is 4.90 Å². The molecule has 0 aromatic heterocycles. The van der Waals surface area contributed by atoms with E-state index in [0.717, 1.165) is 31.6 Å². The van der Waals surface area contributed by atoms with Gasteiger partial charge in [0, 0.05) is 49.3 Å². The van der Waals surface area contributed by atoms with E-state index >= 15 is 0 Å². The SMILES string of the molecule is CN1CCC(=NNC(=O)c2cccc([N+](=O)[O-])c2)CC1. The van der Waals surface area contributed by atoms with Crippen LogP contribution in [-0.2, 0) is 0 Å². The molecule has 1 heterocycles. The third-order valence-corrected chi connectivity index (χ3v) is 3.20. The Morgan fingerprint density at radius 3 is 2.75 bits per heavy atom. The molecule has 2 rings (SSSR count). The van der Waals surface area contributed by atoms with Crippen molar-refractivity contribution in [1.82, 2.24) is 10.3 Å². The number of nitrogens with one attached hydrogen (secondary N) is 1. The van der Waals surface area contributed by atoms with E-state index in [2.05, 4.69) is 15.4 Å². The van der Waals surface area contributed by atoms with Crippen LogP contribution in [0, 0.1) is 10.1 Å². The molecule has 1 aromatic rings. The predicted molar refractivity (Wildman–Crippen MR) is 74.7 cm³/mol. The molecule has 1 aliphatic heterocycles. The van der Waals surface area contributed by atoms with Crippen molar-refractivity contribution in [1.29, 1.82) is 0 Å². The summed E-state index contributed by atoms with van der Waals surface area (Å²) in [4.78, 5) is 24.2. The lowest BCUT2D eigenvalue weighted by atomic mass is 10.1. The van der Waals surface area contributed by atoms with Gasteiger partial charge in [-0.1, -0.05) is 6.07 Å². The number of nitro groups is 1. The number of hydrazone groups is 1.